The van der Waals surface area contributed by atoms with Crippen LogP contribution in [0, 0.1) is 11.3 Å². The Morgan fingerprint density at radius 3 is 2.66 bits per heavy atom. The van der Waals surface area contributed by atoms with Gasteiger partial charge in [0.25, 0.3) is 5.91 Å². The first kappa shape index (κ1) is 22.8. The summed E-state index contributed by atoms with van der Waals surface area (Å²) < 4.78 is 16.3. The van der Waals surface area contributed by atoms with Crippen molar-refractivity contribution in [2.45, 2.75) is 6.61 Å². The summed E-state index contributed by atoms with van der Waals surface area (Å²) in [4.78, 5) is 36.7. The van der Waals surface area contributed by atoms with Crippen LogP contribution in [-0.4, -0.2) is 43.6 Å². The van der Waals surface area contributed by atoms with Crippen LogP contribution in [0.2, 0.25) is 0 Å². The molecule has 2 aromatic rings. The van der Waals surface area contributed by atoms with Crippen LogP contribution in [0.5, 0.6) is 11.5 Å². The van der Waals surface area contributed by atoms with E-state index in [4.69, 9.17) is 9.47 Å². The van der Waals surface area contributed by atoms with Crippen molar-refractivity contribution in [2.75, 3.05) is 20.8 Å². The molecule has 1 saturated heterocycles. The predicted molar refractivity (Wildman–Crippen MR) is 116 cm³/mol. The van der Waals surface area contributed by atoms with Gasteiger partial charge in [0.1, 0.15) is 18.8 Å². The van der Waals surface area contributed by atoms with Crippen LogP contribution < -0.4 is 14.8 Å². The molecule has 0 atom stereocenters. The number of rotatable bonds is 7. The average Bonchev–Trinajstić information content (AvgIpc) is 3.06. The third kappa shape index (κ3) is 4.90. The quantitative estimate of drug-likeness (QED) is 0.353. The highest BCUT2D eigenvalue weighted by Gasteiger charge is 2.35. The topological polar surface area (TPSA) is 118 Å². The maximum atomic E-state index is 12.5. The van der Waals surface area contributed by atoms with E-state index in [1.807, 2.05) is 6.07 Å². The number of methoxy groups -OCH3 is 2. The molecule has 3 amide bonds. The highest BCUT2D eigenvalue weighted by atomic mass is 79.9. The van der Waals surface area contributed by atoms with Crippen LogP contribution >= 0.6 is 15.9 Å². The molecule has 0 saturated carbocycles. The van der Waals surface area contributed by atoms with Crippen molar-refractivity contribution < 1.29 is 28.6 Å². The van der Waals surface area contributed by atoms with E-state index in [9.17, 15) is 19.6 Å². The van der Waals surface area contributed by atoms with Gasteiger partial charge in [-0.05, 0) is 29.8 Å². The van der Waals surface area contributed by atoms with Gasteiger partial charge in [0.2, 0.25) is 0 Å². The Bertz CT molecular complexity index is 1150. The van der Waals surface area contributed by atoms with Gasteiger partial charge < -0.3 is 19.5 Å². The van der Waals surface area contributed by atoms with E-state index in [1.165, 1.54) is 20.3 Å². The van der Waals surface area contributed by atoms with Crippen LogP contribution in [0.3, 0.4) is 0 Å². The number of halogens is 1. The molecule has 2 aromatic carbocycles. The number of nitrogens with zero attached hydrogens (tertiary/aromatic N) is 2. The molecular formula is C22H18BrN3O6. The Labute approximate surface area is 192 Å². The third-order valence-electron chi connectivity index (χ3n) is 4.58. The minimum atomic E-state index is -0.717. The Balaban J connectivity index is 1.84. The first-order valence-corrected chi connectivity index (χ1v) is 10.1. The molecule has 0 spiro atoms. The van der Waals surface area contributed by atoms with Gasteiger partial charge in [0.15, 0.2) is 11.5 Å². The molecule has 164 valence electrons. The smallest absolute Gasteiger partial charge is 0.329 e. The number of carbonyl (C=O) groups is 3. The second kappa shape index (κ2) is 9.98. The molecule has 1 heterocycles. The first-order chi connectivity index (χ1) is 15.4. The SMILES string of the molecule is COC(=O)CN1C(=O)NC(=Cc2cc(OC)c(OCc3ccccc3C#N)cc2Br)C1=O. The zero-order valence-corrected chi connectivity index (χ0v) is 18.8. The number of imide groups is 1. The number of esters is 1. The van der Waals surface area contributed by atoms with Crippen LogP contribution in [0.15, 0.2) is 46.6 Å². The summed E-state index contributed by atoms with van der Waals surface area (Å²) in [5, 5.41) is 11.7. The van der Waals surface area contributed by atoms with E-state index in [0.717, 1.165) is 10.5 Å². The number of hydrogen-bond donors (Lipinski definition) is 1. The molecule has 0 aromatic heterocycles. The standard InChI is InChI=1S/C22H18BrN3O6/c1-30-18-8-15(7-17-21(28)26(22(29)25-17)11-20(27)31-2)16(23)9-19(18)32-12-14-6-4-3-5-13(14)10-24/h3-9H,11-12H2,1-2H3,(H,25,29). The molecule has 0 bridgehead atoms. The second-order valence-corrected chi connectivity index (χ2v) is 7.39. The Morgan fingerprint density at radius 1 is 1.22 bits per heavy atom. The van der Waals surface area contributed by atoms with Crippen LogP contribution in [0.1, 0.15) is 16.7 Å². The van der Waals surface area contributed by atoms with Crippen molar-refractivity contribution in [1.29, 1.82) is 5.26 Å². The second-order valence-electron chi connectivity index (χ2n) is 6.54. The van der Waals surface area contributed by atoms with Crippen molar-refractivity contribution in [3.8, 4) is 17.6 Å². The monoisotopic (exact) mass is 499 g/mol. The minimum absolute atomic E-state index is 0.00160. The number of nitrogens with one attached hydrogen (secondary N) is 1. The van der Waals surface area contributed by atoms with Gasteiger partial charge in [-0.25, -0.2) is 9.69 Å². The minimum Gasteiger partial charge on any atom is -0.493 e. The van der Waals surface area contributed by atoms with E-state index in [1.54, 1.807) is 30.3 Å². The molecule has 0 aliphatic carbocycles. The van der Waals surface area contributed by atoms with E-state index >= 15 is 0 Å². The van der Waals surface area contributed by atoms with Crippen LogP contribution in [-0.2, 0) is 20.9 Å². The predicted octanol–water partition coefficient (Wildman–Crippen LogP) is 2.97. The summed E-state index contributed by atoms with van der Waals surface area (Å²) in [5.74, 6) is -0.558. The van der Waals surface area contributed by atoms with Crippen molar-refractivity contribution >= 4 is 39.9 Å². The Kier molecular flexibility index (Phi) is 7.12. The van der Waals surface area contributed by atoms with Gasteiger partial charge in [-0.3, -0.25) is 9.59 Å². The van der Waals surface area contributed by atoms with Crippen molar-refractivity contribution in [3.05, 3.63) is 63.3 Å². The summed E-state index contributed by atoms with van der Waals surface area (Å²) in [6, 6.07) is 11.8. The zero-order valence-electron chi connectivity index (χ0n) is 17.2. The largest absolute Gasteiger partial charge is 0.493 e. The van der Waals surface area contributed by atoms with Gasteiger partial charge in [-0.2, -0.15) is 5.26 Å². The molecule has 10 heteroatoms. The molecule has 1 aliphatic rings. The number of amides is 3. The number of hydrogen-bond acceptors (Lipinski definition) is 7. The lowest BCUT2D eigenvalue weighted by atomic mass is 10.1. The number of ether oxygens (including phenoxy) is 3. The maximum absolute atomic E-state index is 12.5. The molecule has 1 N–H and O–H groups in total. The molecular weight excluding hydrogens is 482 g/mol. The summed E-state index contributed by atoms with van der Waals surface area (Å²) in [6.45, 7) is -0.329. The highest BCUT2D eigenvalue weighted by Crippen LogP contribution is 2.35. The molecule has 3 rings (SSSR count). The number of carbonyl (C=O) groups excluding carboxylic acids is 3. The van der Waals surface area contributed by atoms with E-state index in [-0.39, 0.29) is 12.3 Å². The fourth-order valence-electron chi connectivity index (χ4n) is 2.91. The number of nitriles is 1. The number of urea groups is 1. The zero-order chi connectivity index (χ0) is 23.3. The number of benzene rings is 2. The van der Waals surface area contributed by atoms with E-state index in [2.05, 4.69) is 32.1 Å². The Hall–Kier alpha value is -3.84. The lowest BCUT2D eigenvalue weighted by molar-refractivity contribution is -0.143. The van der Waals surface area contributed by atoms with Gasteiger partial charge >= 0.3 is 12.0 Å². The fraction of sp³-hybridized carbons (Fsp3) is 0.182. The van der Waals surface area contributed by atoms with Crippen LogP contribution in [0.4, 0.5) is 4.79 Å². The highest BCUT2D eigenvalue weighted by molar-refractivity contribution is 9.10. The van der Waals surface area contributed by atoms with E-state index in [0.29, 0.717) is 27.1 Å². The van der Waals surface area contributed by atoms with Gasteiger partial charge in [-0.15, -0.1) is 0 Å². The molecule has 1 fully saturated rings. The molecule has 32 heavy (non-hydrogen) atoms. The van der Waals surface area contributed by atoms with Crippen molar-refractivity contribution in [3.63, 3.8) is 0 Å². The first-order valence-electron chi connectivity index (χ1n) is 9.27. The fourth-order valence-corrected chi connectivity index (χ4v) is 3.35. The van der Waals surface area contributed by atoms with E-state index < -0.39 is 24.5 Å². The van der Waals surface area contributed by atoms with Gasteiger partial charge in [0.05, 0.1) is 25.9 Å². The summed E-state index contributed by atoms with van der Waals surface area (Å²) in [5.41, 5.74) is 1.77. The van der Waals surface area contributed by atoms with Crippen molar-refractivity contribution in [2.24, 2.45) is 0 Å². The van der Waals surface area contributed by atoms with Gasteiger partial charge in [0, 0.05) is 10.0 Å². The normalized spacial score (nSPS) is 14.2. The molecule has 0 radical (unpaired) electrons. The molecule has 0 unspecified atom stereocenters. The Morgan fingerprint density at radius 2 is 1.97 bits per heavy atom. The van der Waals surface area contributed by atoms with Crippen LogP contribution in [0.25, 0.3) is 6.08 Å². The summed E-state index contributed by atoms with van der Waals surface area (Å²) in [6.07, 6.45) is 1.46. The van der Waals surface area contributed by atoms with Crippen molar-refractivity contribution in [1.82, 2.24) is 10.2 Å². The van der Waals surface area contributed by atoms with Gasteiger partial charge in [-0.1, -0.05) is 34.1 Å². The molecule has 9 nitrogen and oxygen atoms in total. The average molecular weight is 500 g/mol. The lowest BCUT2D eigenvalue weighted by Crippen LogP contribution is -2.36. The maximum Gasteiger partial charge on any atom is 0.329 e. The summed E-state index contributed by atoms with van der Waals surface area (Å²) >= 11 is 3.43. The summed E-state index contributed by atoms with van der Waals surface area (Å²) in [7, 11) is 2.64. The third-order valence-corrected chi connectivity index (χ3v) is 5.27. The molecule has 1 aliphatic heterocycles. The lowest BCUT2D eigenvalue weighted by Gasteiger charge is -2.13.